The minimum atomic E-state index is 0.267. The fourth-order valence-corrected chi connectivity index (χ4v) is 2.49. The first-order valence-corrected chi connectivity index (χ1v) is 6.87. The molecule has 0 spiro atoms. The zero-order chi connectivity index (χ0) is 13.5. The Bertz CT molecular complexity index is 467. The number of hydrogen-bond donors (Lipinski definition) is 2. The van der Waals surface area contributed by atoms with Gasteiger partial charge in [-0.05, 0) is 24.7 Å². The standard InChI is InChI=1S/C17H22N2/c1-3-19-17(15-12-8-5-9-13-15)16(18-2)14-10-6-4-7-11-14/h4-13,16-19H,3H2,1-2H3/t16-,17-/m0/s1. The third-order valence-corrected chi connectivity index (χ3v) is 3.39. The van der Waals surface area contributed by atoms with Crippen molar-refractivity contribution in [3.8, 4) is 0 Å². The molecule has 2 heteroatoms. The van der Waals surface area contributed by atoms with E-state index in [1.165, 1.54) is 11.1 Å². The highest BCUT2D eigenvalue weighted by atomic mass is 15.0. The highest BCUT2D eigenvalue weighted by Crippen LogP contribution is 2.28. The van der Waals surface area contributed by atoms with E-state index in [0.717, 1.165) is 6.54 Å². The summed E-state index contributed by atoms with van der Waals surface area (Å²) in [6, 6.07) is 21.7. The summed E-state index contributed by atoms with van der Waals surface area (Å²) < 4.78 is 0. The van der Waals surface area contributed by atoms with Gasteiger partial charge in [0.2, 0.25) is 0 Å². The zero-order valence-electron chi connectivity index (χ0n) is 11.6. The smallest absolute Gasteiger partial charge is 0.0518 e. The average Bonchev–Trinajstić information content (AvgIpc) is 2.49. The van der Waals surface area contributed by atoms with E-state index < -0.39 is 0 Å². The van der Waals surface area contributed by atoms with Gasteiger partial charge in [0.05, 0.1) is 12.1 Å². The van der Waals surface area contributed by atoms with Crippen LogP contribution in [-0.2, 0) is 0 Å². The zero-order valence-corrected chi connectivity index (χ0v) is 11.6. The molecule has 2 N–H and O–H groups in total. The van der Waals surface area contributed by atoms with Gasteiger partial charge >= 0.3 is 0 Å². The van der Waals surface area contributed by atoms with Crippen molar-refractivity contribution in [3.05, 3.63) is 71.8 Å². The van der Waals surface area contributed by atoms with Gasteiger partial charge in [0.1, 0.15) is 0 Å². The van der Waals surface area contributed by atoms with Crippen LogP contribution < -0.4 is 10.6 Å². The van der Waals surface area contributed by atoms with Gasteiger partial charge in [-0.25, -0.2) is 0 Å². The Morgan fingerprint density at radius 3 is 1.68 bits per heavy atom. The molecule has 0 amide bonds. The lowest BCUT2D eigenvalue weighted by Crippen LogP contribution is -2.33. The summed E-state index contributed by atoms with van der Waals surface area (Å²) in [4.78, 5) is 0. The molecule has 2 rings (SSSR count). The maximum Gasteiger partial charge on any atom is 0.0518 e. The summed E-state index contributed by atoms with van der Waals surface area (Å²) in [5.41, 5.74) is 2.62. The van der Waals surface area contributed by atoms with Crippen LogP contribution in [0.3, 0.4) is 0 Å². The fourth-order valence-electron chi connectivity index (χ4n) is 2.49. The van der Waals surface area contributed by atoms with Gasteiger partial charge in [-0.3, -0.25) is 0 Å². The minimum absolute atomic E-state index is 0.267. The van der Waals surface area contributed by atoms with Gasteiger partial charge in [-0.2, -0.15) is 0 Å². The molecule has 0 bridgehead atoms. The molecule has 2 aromatic carbocycles. The molecule has 100 valence electrons. The lowest BCUT2D eigenvalue weighted by Gasteiger charge is -2.28. The molecular weight excluding hydrogens is 232 g/mol. The summed E-state index contributed by atoms with van der Waals surface area (Å²) in [5.74, 6) is 0. The van der Waals surface area contributed by atoms with Gasteiger partial charge in [0, 0.05) is 0 Å². The molecule has 2 nitrogen and oxygen atoms in total. The van der Waals surface area contributed by atoms with Crippen LogP contribution in [0.5, 0.6) is 0 Å². The quantitative estimate of drug-likeness (QED) is 0.826. The summed E-state index contributed by atoms with van der Waals surface area (Å²) in [6.07, 6.45) is 0. The number of benzene rings is 2. The molecule has 2 aromatic rings. The van der Waals surface area contributed by atoms with Crippen molar-refractivity contribution in [2.24, 2.45) is 0 Å². The van der Waals surface area contributed by atoms with Crippen LogP contribution in [0.15, 0.2) is 60.7 Å². The lowest BCUT2D eigenvalue weighted by molar-refractivity contribution is 0.414. The summed E-state index contributed by atoms with van der Waals surface area (Å²) in [5, 5.41) is 7.03. The Morgan fingerprint density at radius 1 is 0.789 bits per heavy atom. The highest BCUT2D eigenvalue weighted by Gasteiger charge is 2.22. The van der Waals surface area contributed by atoms with Crippen LogP contribution in [0.2, 0.25) is 0 Å². The molecule has 19 heavy (non-hydrogen) atoms. The van der Waals surface area contributed by atoms with Crippen LogP contribution in [0.4, 0.5) is 0 Å². The normalized spacial score (nSPS) is 14.0. The molecule has 0 fully saturated rings. The second-order valence-electron chi connectivity index (χ2n) is 4.62. The van der Waals surface area contributed by atoms with E-state index in [0.29, 0.717) is 0 Å². The van der Waals surface area contributed by atoms with E-state index in [-0.39, 0.29) is 12.1 Å². The largest absolute Gasteiger partial charge is 0.311 e. The first-order chi connectivity index (χ1) is 9.36. The summed E-state index contributed by atoms with van der Waals surface area (Å²) in [7, 11) is 2.02. The Balaban J connectivity index is 2.31. The minimum Gasteiger partial charge on any atom is -0.311 e. The van der Waals surface area contributed by atoms with E-state index in [2.05, 4.69) is 78.2 Å². The first-order valence-electron chi connectivity index (χ1n) is 6.87. The van der Waals surface area contributed by atoms with Crippen molar-refractivity contribution >= 4 is 0 Å². The van der Waals surface area contributed by atoms with Crippen LogP contribution in [0.1, 0.15) is 30.1 Å². The average molecular weight is 254 g/mol. The van der Waals surface area contributed by atoms with Crippen molar-refractivity contribution < 1.29 is 0 Å². The number of likely N-dealkylation sites (N-methyl/N-ethyl adjacent to an activating group) is 2. The maximum atomic E-state index is 3.59. The second-order valence-corrected chi connectivity index (χ2v) is 4.62. The molecular formula is C17H22N2. The van der Waals surface area contributed by atoms with Crippen molar-refractivity contribution in [3.63, 3.8) is 0 Å². The van der Waals surface area contributed by atoms with Crippen LogP contribution in [0.25, 0.3) is 0 Å². The molecule has 0 aliphatic carbocycles. The van der Waals surface area contributed by atoms with Crippen molar-refractivity contribution in [2.45, 2.75) is 19.0 Å². The van der Waals surface area contributed by atoms with Gasteiger partial charge in [0.15, 0.2) is 0 Å². The van der Waals surface area contributed by atoms with Crippen LogP contribution >= 0.6 is 0 Å². The SMILES string of the molecule is CCN[C@@H](c1ccccc1)[C@@H](NC)c1ccccc1. The monoisotopic (exact) mass is 254 g/mol. The molecule has 0 radical (unpaired) electrons. The van der Waals surface area contributed by atoms with Gasteiger partial charge in [-0.1, -0.05) is 67.6 Å². The Labute approximate surface area is 115 Å². The predicted octanol–water partition coefficient (Wildman–Crippen LogP) is 3.30. The van der Waals surface area contributed by atoms with Crippen molar-refractivity contribution in [1.29, 1.82) is 0 Å². The molecule has 0 aromatic heterocycles. The molecule has 0 unspecified atom stereocenters. The van der Waals surface area contributed by atoms with Gasteiger partial charge < -0.3 is 10.6 Å². The lowest BCUT2D eigenvalue weighted by atomic mass is 9.93. The second kappa shape index (κ2) is 7.07. The molecule has 0 saturated heterocycles. The molecule has 0 aliphatic heterocycles. The Morgan fingerprint density at radius 2 is 1.26 bits per heavy atom. The fraction of sp³-hybridized carbons (Fsp3) is 0.294. The Kier molecular flexibility index (Phi) is 5.13. The van der Waals surface area contributed by atoms with E-state index in [9.17, 15) is 0 Å². The predicted molar refractivity (Wildman–Crippen MR) is 81.1 cm³/mol. The van der Waals surface area contributed by atoms with E-state index in [4.69, 9.17) is 0 Å². The third-order valence-electron chi connectivity index (χ3n) is 3.39. The summed E-state index contributed by atoms with van der Waals surface area (Å²) in [6.45, 7) is 3.10. The molecule has 0 aliphatic rings. The third kappa shape index (κ3) is 3.43. The summed E-state index contributed by atoms with van der Waals surface area (Å²) >= 11 is 0. The topological polar surface area (TPSA) is 24.1 Å². The van der Waals surface area contributed by atoms with E-state index in [1.54, 1.807) is 0 Å². The number of nitrogens with one attached hydrogen (secondary N) is 2. The number of hydrogen-bond acceptors (Lipinski definition) is 2. The van der Waals surface area contributed by atoms with Crippen LogP contribution in [0, 0.1) is 0 Å². The highest BCUT2D eigenvalue weighted by molar-refractivity contribution is 5.27. The van der Waals surface area contributed by atoms with Crippen molar-refractivity contribution in [2.75, 3.05) is 13.6 Å². The first kappa shape index (κ1) is 13.8. The molecule has 0 heterocycles. The van der Waals surface area contributed by atoms with Crippen molar-refractivity contribution in [1.82, 2.24) is 10.6 Å². The van der Waals surface area contributed by atoms with E-state index in [1.807, 2.05) is 7.05 Å². The Hall–Kier alpha value is -1.64. The molecule has 0 saturated carbocycles. The van der Waals surface area contributed by atoms with Crippen LogP contribution in [-0.4, -0.2) is 13.6 Å². The van der Waals surface area contributed by atoms with E-state index >= 15 is 0 Å². The molecule has 2 atom stereocenters. The van der Waals surface area contributed by atoms with Gasteiger partial charge in [0.25, 0.3) is 0 Å². The maximum absolute atomic E-state index is 3.59. The van der Waals surface area contributed by atoms with Gasteiger partial charge in [-0.15, -0.1) is 0 Å². The number of rotatable bonds is 6.